The van der Waals surface area contributed by atoms with Crippen LogP contribution in [0.1, 0.15) is 20.8 Å². The summed E-state index contributed by atoms with van der Waals surface area (Å²) in [7, 11) is 0. The Hall–Kier alpha value is -0.860. The van der Waals surface area contributed by atoms with Crippen molar-refractivity contribution >= 4 is 0 Å². The maximum absolute atomic E-state index is 9.89. The third kappa shape index (κ3) is 3.70. The predicted molar refractivity (Wildman–Crippen MR) is 35.9 cm³/mol. The van der Waals surface area contributed by atoms with Gasteiger partial charge in [-0.2, -0.15) is 0 Å². The molecular weight excluding hydrogens is 118 g/mol. The molecule has 0 N–H and O–H groups in total. The van der Waals surface area contributed by atoms with Gasteiger partial charge in [0.1, 0.15) is 0 Å². The van der Waals surface area contributed by atoms with Crippen LogP contribution >= 0.6 is 0 Å². The molecule has 9 heavy (non-hydrogen) atoms. The zero-order valence-corrected chi connectivity index (χ0v) is 5.97. The van der Waals surface area contributed by atoms with Gasteiger partial charge in [0, 0.05) is 4.92 Å². The molecule has 0 unspecified atom stereocenters. The van der Waals surface area contributed by atoms with Crippen LogP contribution in [-0.4, -0.2) is 11.5 Å². The van der Waals surface area contributed by atoms with Gasteiger partial charge in [-0.15, -0.1) is 0 Å². The highest BCUT2D eigenvalue weighted by Crippen LogP contribution is 2.00. The van der Waals surface area contributed by atoms with Crippen LogP contribution in [0.4, 0.5) is 0 Å². The second-order valence-corrected chi connectivity index (χ2v) is 2.27. The minimum absolute atomic E-state index is 0.0255. The summed E-state index contributed by atoms with van der Waals surface area (Å²) in [5.41, 5.74) is 1.88. The molecule has 0 saturated carbocycles. The Bertz CT molecular complexity index is 145. The summed E-state index contributed by atoms with van der Waals surface area (Å²) in [6, 6.07) is 0. The molecule has 3 nitrogen and oxygen atoms in total. The topological polar surface area (TPSA) is 43.1 Å². The van der Waals surface area contributed by atoms with Crippen molar-refractivity contribution in [2.24, 2.45) is 0 Å². The van der Waals surface area contributed by atoms with E-state index in [1.165, 1.54) is 0 Å². The van der Waals surface area contributed by atoms with Crippen LogP contribution in [0, 0.1) is 10.1 Å². The molecule has 0 fully saturated rings. The Morgan fingerprint density at radius 1 is 1.44 bits per heavy atom. The lowest BCUT2D eigenvalue weighted by Gasteiger charge is -1.94. The van der Waals surface area contributed by atoms with E-state index in [-0.39, 0.29) is 11.5 Å². The summed E-state index contributed by atoms with van der Waals surface area (Å²) < 4.78 is 0. The van der Waals surface area contributed by atoms with Crippen molar-refractivity contribution in [2.45, 2.75) is 20.8 Å². The predicted octanol–water partition coefficient (Wildman–Crippen LogP) is 1.62. The highest BCUT2D eigenvalue weighted by molar-refractivity contribution is 5.06. The van der Waals surface area contributed by atoms with Crippen LogP contribution in [-0.2, 0) is 0 Å². The van der Waals surface area contributed by atoms with Gasteiger partial charge in [-0.25, -0.2) is 0 Å². The summed E-state index contributed by atoms with van der Waals surface area (Å²) in [6.07, 6.45) is 0. The molecule has 0 radical (unpaired) electrons. The summed E-state index contributed by atoms with van der Waals surface area (Å²) in [5, 5.41) is 9.89. The van der Waals surface area contributed by atoms with Crippen molar-refractivity contribution in [3.8, 4) is 0 Å². The lowest BCUT2D eigenvalue weighted by atomic mass is 10.2. The van der Waals surface area contributed by atoms with E-state index in [2.05, 4.69) is 0 Å². The van der Waals surface area contributed by atoms with E-state index in [1.807, 2.05) is 13.8 Å². The Labute approximate surface area is 54.5 Å². The Morgan fingerprint density at radius 2 is 1.89 bits per heavy atom. The van der Waals surface area contributed by atoms with Crippen molar-refractivity contribution in [2.75, 3.05) is 6.54 Å². The second kappa shape index (κ2) is 3.22. The summed E-state index contributed by atoms with van der Waals surface area (Å²) >= 11 is 0. The first kappa shape index (κ1) is 8.14. The first-order valence-electron chi connectivity index (χ1n) is 2.78. The second-order valence-electron chi connectivity index (χ2n) is 2.27. The van der Waals surface area contributed by atoms with Crippen molar-refractivity contribution in [1.82, 2.24) is 0 Å². The maximum Gasteiger partial charge on any atom is 0.224 e. The molecule has 0 saturated heterocycles. The molecule has 0 aromatic heterocycles. The van der Waals surface area contributed by atoms with Gasteiger partial charge in [0.25, 0.3) is 0 Å². The zero-order valence-electron chi connectivity index (χ0n) is 5.97. The van der Waals surface area contributed by atoms with E-state index in [9.17, 15) is 10.1 Å². The van der Waals surface area contributed by atoms with Gasteiger partial charge in [-0.3, -0.25) is 10.1 Å². The van der Waals surface area contributed by atoms with Gasteiger partial charge in [0.2, 0.25) is 6.54 Å². The monoisotopic (exact) mass is 129 g/mol. The van der Waals surface area contributed by atoms with E-state index < -0.39 is 0 Å². The number of hydrogen-bond acceptors (Lipinski definition) is 2. The van der Waals surface area contributed by atoms with Crippen LogP contribution in [0.3, 0.4) is 0 Å². The molecule has 0 aliphatic heterocycles. The van der Waals surface area contributed by atoms with E-state index in [0.717, 1.165) is 11.1 Å². The van der Waals surface area contributed by atoms with Crippen molar-refractivity contribution in [3.05, 3.63) is 21.3 Å². The summed E-state index contributed by atoms with van der Waals surface area (Å²) in [4.78, 5) is 9.57. The maximum atomic E-state index is 9.89. The lowest BCUT2D eigenvalue weighted by Crippen LogP contribution is -2.02. The molecule has 0 heterocycles. The average Bonchev–Trinajstić information content (AvgIpc) is 1.63. The minimum Gasteiger partial charge on any atom is -0.264 e. The van der Waals surface area contributed by atoms with Crippen molar-refractivity contribution in [3.63, 3.8) is 0 Å². The van der Waals surface area contributed by atoms with Gasteiger partial charge in [-0.1, -0.05) is 5.57 Å². The fourth-order valence-electron chi connectivity index (χ4n) is 0.352. The Morgan fingerprint density at radius 3 is 2.00 bits per heavy atom. The Balaban J connectivity index is 3.92. The zero-order chi connectivity index (χ0) is 7.44. The van der Waals surface area contributed by atoms with Crippen LogP contribution in [0.5, 0.6) is 0 Å². The van der Waals surface area contributed by atoms with E-state index in [1.54, 1.807) is 6.92 Å². The number of nitro groups is 1. The molecule has 0 aromatic rings. The van der Waals surface area contributed by atoms with Gasteiger partial charge in [0.15, 0.2) is 0 Å². The Kier molecular flexibility index (Phi) is 2.91. The number of rotatable bonds is 2. The molecule has 0 rings (SSSR count). The van der Waals surface area contributed by atoms with Crippen LogP contribution in [0.2, 0.25) is 0 Å². The quantitative estimate of drug-likeness (QED) is 0.323. The highest BCUT2D eigenvalue weighted by atomic mass is 16.6. The molecular formula is C6H11NO2. The first-order valence-corrected chi connectivity index (χ1v) is 2.78. The first-order chi connectivity index (χ1) is 4.04. The molecule has 0 aromatic carbocycles. The number of hydrogen-bond donors (Lipinski definition) is 0. The fraction of sp³-hybridized carbons (Fsp3) is 0.667. The molecule has 3 heteroatoms. The molecule has 0 aliphatic rings. The highest BCUT2D eigenvalue weighted by Gasteiger charge is 1.99. The standard InChI is InChI=1S/C6H11NO2/c1-5(2)6(3)4-7(8)9/h4H2,1-3H3. The number of allylic oxidation sites excluding steroid dienone is 1. The number of nitrogens with zero attached hydrogens (tertiary/aromatic N) is 1. The van der Waals surface area contributed by atoms with Crippen LogP contribution < -0.4 is 0 Å². The van der Waals surface area contributed by atoms with E-state index >= 15 is 0 Å². The van der Waals surface area contributed by atoms with Gasteiger partial charge < -0.3 is 0 Å². The fourth-order valence-corrected chi connectivity index (χ4v) is 0.352. The minimum atomic E-state index is -0.317. The molecule has 0 bridgehead atoms. The third-order valence-corrected chi connectivity index (χ3v) is 1.22. The summed E-state index contributed by atoms with van der Waals surface area (Å²) in [5.74, 6) is 0. The van der Waals surface area contributed by atoms with Crippen molar-refractivity contribution in [1.29, 1.82) is 0 Å². The molecule has 0 atom stereocenters. The van der Waals surface area contributed by atoms with Gasteiger partial charge >= 0.3 is 0 Å². The van der Waals surface area contributed by atoms with Gasteiger partial charge in [0.05, 0.1) is 0 Å². The van der Waals surface area contributed by atoms with E-state index in [4.69, 9.17) is 0 Å². The van der Waals surface area contributed by atoms with E-state index in [0.29, 0.717) is 0 Å². The normalized spacial score (nSPS) is 8.78. The summed E-state index contributed by atoms with van der Waals surface area (Å²) in [6.45, 7) is 5.50. The van der Waals surface area contributed by atoms with Gasteiger partial charge in [-0.05, 0) is 26.3 Å². The molecule has 52 valence electrons. The largest absolute Gasteiger partial charge is 0.264 e. The smallest absolute Gasteiger partial charge is 0.224 e. The van der Waals surface area contributed by atoms with Crippen LogP contribution in [0.15, 0.2) is 11.1 Å². The molecule has 0 amide bonds. The average molecular weight is 129 g/mol. The molecule has 0 aliphatic carbocycles. The molecule has 0 spiro atoms. The third-order valence-electron chi connectivity index (χ3n) is 1.22. The SMILES string of the molecule is CC(C)=C(C)C[N+](=O)[O-]. The lowest BCUT2D eigenvalue weighted by molar-refractivity contribution is -0.470. The van der Waals surface area contributed by atoms with Crippen LogP contribution in [0.25, 0.3) is 0 Å². The van der Waals surface area contributed by atoms with Crippen molar-refractivity contribution < 1.29 is 4.92 Å².